The van der Waals surface area contributed by atoms with Crippen molar-refractivity contribution >= 4 is 29.1 Å². The summed E-state index contributed by atoms with van der Waals surface area (Å²) in [4.78, 5) is 29.8. The first-order chi connectivity index (χ1) is 17.2. The van der Waals surface area contributed by atoms with E-state index in [1.807, 2.05) is 19.1 Å². The zero-order valence-corrected chi connectivity index (χ0v) is 21.4. The Morgan fingerprint density at radius 3 is 2.53 bits per heavy atom. The molecule has 0 aliphatic carbocycles. The fourth-order valence-corrected chi connectivity index (χ4v) is 5.75. The molecular formula is C25H25F3N2O4S2. The zero-order valence-electron chi connectivity index (χ0n) is 19.8. The highest BCUT2D eigenvalue weighted by molar-refractivity contribution is 7.98. The number of aromatic nitrogens is 1. The van der Waals surface area contributed by atoms with Crippen LogP contribution in [0.2, 0.25) is 0 Å². The van der Waals surface area contributed by atoms with Crippen LogP contribution in [-0.4, -0.2) is 42.2 Å². The van der Waals surface area contributed by atoms with Gasteiger partial charge < -0.3 is 4.74 Å². The predicted molar refractivity (Wildman–Crippen MR) is 132 cm³/mol. The SMILES string of the molecule is CC(=O)OOc1ccc(SCc2sc(-c3ccc(C(F)(F)F)cc3)nc2CN2CCOCC2)cc1C. The number of aryl methyl sites for hydroxylation is 1. The van der Waals surface area contributed by atoms with Crippen LogP contribution in [0.3, 0.4) is 0 Å². The molecule has 0 amide bonds. The minimum Gasteiger partial charge on any atom is -0.379 e. The smallest absolute Gasteiger partial charge is 0.379 e. The first-order valence-electron chi connectivity index (χ1n) is 11.2. The van der Waals surface area contributed by atoms with Crippen molar-refractivity contribution in [2.75, 3.05) is 26.3 Å². The van der Waals surface area contributed by atoms with Gasteiger partial charge in [-0.1, -0.05) is 12.1 Å². The number of ether oxygens (including phenoxy) is 1. The molecule has 3 aromatic rings. The van der Waals surface area contributed by atoms with Gasteiger partial charge in [0, 0.05) is 47.6 Å². The highest BCUT2D eigenvalue weighted by Gasteiger charge is 2.30. The molecule has 0 bridgehead atoms. The first-order valence-corrected chi connectivity index (χ1v) is 13.0. The maximum absolute atomic E-state index is 13.0. The molecule has 1 aliphatic heterocycles. The molecule has 11 heteroatoms. The molecule has 192 valence electrons. The molecule has 0 atom stereocenters. The summed E-state index contributed by atoms with van der Waals surface area (Å²) < 4.78 is 44.4. The van der Waals surface area contributed by atoms with Gasteiger partial charge in [0.15, 0.2) is 5.75 Å². The maximum Gasteiger partial charge on any atom is 0.416 e. The number of hydrogen-bond donors (Lipinski definition) is 0. The molecule has 1 saturated heterocycles. The number of thioether (sulfide) groups is 1. The average molecular weight is 539 g/mol. The highest BCUT2D eigenvalue weighted by atomic mass is 32.2. The van der Waals surface area contributed by atoms with Crippen molar-refractivity contribution in [3.05, 3.63) is 64.2 Å². The molecule has 2 aromatic carbocycles. The van der Waals surface area contributed by atoms with Crippen molar-refractivity contribution < 1.29 is 32.5 Å². The van der Waals surface area contributed by atoms with Gasteiger partial charge in [-0.3, -0.25) is 14.7 Å². The van der Waals surface area contributed by atoms with Crippen LogP contribution in [0.5, 0.6) is 5.75 Å². The number of morpholine rings is 1. The van der Waals surface area contributed by atoms with Crippen LogP contribution in [0, 0.1) is 6.92 Å². The number of halogens is 3. The van der Waals surface area contributed by atoms with E-state index in [0.717, 1.165) is 46.3 Å². The van der Waals surface area contributed by atoms with Crippen molar-refractivity contribution in [2.24, 2.45) is 0 Å². The fraction of sp³-hybridized carbons (Fsp3) is 0.360. The first kappa shape index (κ1) is 26.5. The third-order valence-corrected chi connectivity index (χ3v) is 7.83. The molecule has 0 saturated carbocycles. The molecule has 4 rings (SSSR count). The van der Waals surface area contributed by atoms with Gasteiger partial charge in [-0.05, 0) is 42.8 Å². The van der Waals surface area contributed by atoms with Gasteiger partial charge in [-0.2, -0.15) is 13.2 Å². The Hall–Kier alpha value is -2.60. The molecule has 0 N–H and O–H groups in total. The molecular weight excluding hydrogens is 513 g/mol. The number of carbonyl (C=O) groups excluding carboxylic acids is 1. The molecule has 0 unspecified atom stereocenters. The fourth-order valence-electron chi connectivity index (χ4n) is 3.57. The van der Waals surface area contributed by atoms with Crippen molar-refractivity contribution in [1.82, 2.24) is 9.88 Å². The number of nitrogens with zero attached hydrogens (tertiary/aromatic N) is 2. The Morgan fingerprint density at radius 1 is 1.17 bits per heavy atom. The van der Waals surface area contributed by atoms with E-state index in [0.29, 0.717) is 41.8 Å². The topological polar surface area (TPSA) is 60.9 Å². The summed E-state index contributed by atoms with van der Waals surface area (Å²) in [5, 5.41) is 0.698. The number of hydrogen-bond acceptors (Lipinski definition) is 8. The second kappa shape index (κ2) is 11.6. The van der Waals surface area contributed by atoms with Crippen LogP contribution in [0.4, 0.5) is 13.2 Å². The van der Waals surface area contributed by atoms with Gasteiger partial charge >= 0.3 is 12.1 Å². The lowest BCUT2D eigenvalue weighted by molar-refractivity contribution is -0.211. The number of carbonyl (C=O) groups is 1. The summed E-state index contributed by atoms with van der Waals surface area (Å²) in [6.45, 7) is 6.74. The molecule has 1 fully saturated rings. The van der Waals surface area contributed by atoms with E-state index in [2.05, 4.69) is 9.79 Å². The molecule has 36 heavy (non-hydrogen) atoms. The lowest BCUT2D eigenvalue weighted by Gasteiger charge is -2.26. The molecule has 6 nitrogen and oxygen atoms in total. The van der Waals surface area contributed by atoms with Crippen molar-refractivity contribution in [3.63, 3.8) is 0 Å². The van der Waals surface area contributed by atoms with Crippen LogP contribution < -0.4 is 4.89 Å². The second-order valence-corrected chi connectivity index (χ2v) is 10.4. The van der Waals surface area contributed by atoms with Gasteiger partial charge in [0.05, 0.1) is 24.5 Å². The summed E-state index contributed by atoms with van der Waals surface area (Å²) in [5.74, 6) is 0.585. The van der Waals surface area contributed by atoms with E-state index in [9.17, 15) is 18.0 Å². The zero-order chi connectivity index (χ0) is 25.7. The van der Waals surface area contributed by atoms with Gasteiger partial charge in [0.1, 0.15) is 5.01 Å². The second-order valence-electron chi connectivity index (χ2n) is 8.23. The van der Waals surface area contributed by atoms with Crippen LogP contribution in [0.25, 0.3) is 10.6 Å². The standard InChI is InChI=1S/C25H25F3N2O4S2/c1-16-13-20(7-8-22(16)34-33-17(2)31)35-15-23-21(14-30-9-11-32-12-10-30)29-24(36-23)18-3-5-19(6-4-18)25(26,27)28/h3-8,13H,9-12,14-15H2,1-2H3. The number of rotatable bonds is 8. The summed E-state index contributed by atoms with van der Waals surface area (Å²) >= 11 is 3.13. The molecule has 0 radical (unpaired) electrons. The largest absolute Gasteiger partial charge is 0.416 e. The van der Waals surface area contributed by atoms with Gasteiger partial charge in [-0.25, -0.2) is 9.78 Å². The van der Waals surface area contributed by atoms with E-state index in [1.165, 1.54) is 30.4 Å². The van der Waals surface area contributed by atoms with Crippen LogP contribution >= 0.6 is 23.1 Å². The number of alkyl halides is 3. The monoisotopic (exact) mass is 538 g/mol. The van der Waals surface area contributed by atoms with E-state index >= 15 is 0 Å². The minimum atomic E-state index is -4.37. The van der Waals surface area contributed by atoms with Crippen molar-refractivity contribution in [3.8, 4) is 16.3 Å². The summed E-state index contributed by atoms with van der Waals surface area (Å²) in [7, 11) is 0. The van der Waals surface area contributed by atoms with Gasteiger partial charge in [0.2, 0.25) is 0 Å². The molecule has 2 heterocycles. The maximum atomic E-state index is 13.0. The third-order valence-electron chi connectivity index (χ3n) is 5.48. The number of thiazole rings is 1. The quantitative estimate of drug-likeness (QED) is 0.195. The van der Waals surface area contributed by atoms with Crippen molar-refractivity contribution in [1.29, 1.82) is 0 Å². The van der Waals surface area contributed by atoms with E-state index < -0.39 is 17.7 Å². The number of benzene rings is 2. The minimum absolute atomic E-state index is 0.463. The Bertz CT molecular complexity index is 1190. The van der Waals surface area contributed by atoms with Crippen LogP contribution in [0.1, 0.15) is 28.6 Å². The Balaban J connectivity index is 1.52. The summed E-state index contributed by atoms with van der Waals surface area (Å²) in [5.41, 5.74) is 1.74. The summed E-state index contributed by atoms with van der Waals surface area (Å²) in [6, 6.07) is 10.7. The summed E-state index contributed by atoms with van der Waals surface area (Å²) in [6.07, 6.45) is -4.37. The van der Waals surface area contributed by atoms with Crippen molar-refractivity contribution in [2.45, 2.75) is 37.2 Å². The molecule has 1 aromatic heterocycles. The van der Waals surface area contributed by atoms with E-state index in [-0.39, 0.29) is 0 Å². The predicted octanol–water partition coefficient (Wildman–Crippen LogP) is 6.12. The van der Waals surface area contributed by atoms with E-state index in [1.54, 1.807) is 17.8 Å². The van der Waals surface area contributed by atoms with Crippen LogP contribution in [-0.2, 0) is 32.9 Å². The lowest BCUT2D eigenvalue weighted by atomic mass is 10.1. The van der Waals surface area contributed by atoms with Gasteiger partial charge in [-0.15, -0.1) is 23.1 Å². The van der Waals surface area contributed by atoms with E-state index in [4.69, 9.17) is 14.6 Å². The lowest BCUT2D eigenvalue weighted by Crippen LogP contribution is -2.35. The normalized spacial score (nSPS) is 14.6. The highest BCUT2D eigenvalue weighted by Crippen LogP contribution is 2.36. The van der Waals surface area contributed by atoms with Crippen LogP contribution in [0.15, 0.2) is 47.4 Å². The average Bonchev–Trinajstić information content (AvgIpc) is 3.24. The Morgan fingerprint density at radius 2 is 1.89 bits per heavy atom. The third kappa shape index (κ3) is 7.00. The Kier molecular flexibility index (Phi) is 8.55. The molecule has 0 spiro atoms. The Labute approximate surface area is 215 Å². The molecule has 1 aliphatic rings. The van der Waals surface area contributed by atoms with Gasteiger partial charge in [0.25, 0.3) is 0 Å².